The van der Waals surface area contributed by atoms with Crippen LogP contribution in [0, 0.1) is 17.8 Å². The Morgan fingerprint density at radius 2 is 0.821 bits per heavy atom. The molecule has 0 aromatic carbocycles. The monoisotopic (exact) mass is 957 g/mol. The number of hydrogen-bond donors (Lipinski definition) is 10. The molecule has 21 heteroatoms. The first-order valence-corrected chi connectivity index (χ1v) is 24.5. The first-order valence-electron chi connectivity index (χ1n) is 24.5. The Balaban J connectivity index is 5.57. The van der Waals surface area contributed by atoms with Crippen LogP contribution in [0.2, 0.25) is 0 Å². The summed E-state index contributed by atoms with van der Waals surface area (Å²) in [6.07, 6.45) is 8.86. The number of Topliss-reactive ketones (excluding diaryl/α,β-unsaturated/α-hetero) is 3. The summed E-state index contributed by atoms with van der Waals surface area (Å²) in [7, 11) is 1.26. The molecule has 0 aliphatic carbocycles. The van der Waals surface area contributed by atoms with Crippen molar-refractivity contribution >= 4 is 47.1 Å². The molecule has 0 fully saturated rings. The predicted octanol–water partition coefficient (Wildman–Crippen LogP) is -0.0199. The Kier molecular flexibility index (Phi) is 38.6. The van der Waals surface area contributed by atoms with Gasteiger partial charge in [0.1, 0.15) is 19.1 Å². The lowest BCUT2D eigenvalue weighted by Gasteiger charge is -2.22. The molecule has 6 unspecified atom stereocenters. The average Bonchev–Trinajstić information content (AvgIpc) is 3.30. The molecule has 6 atom stereocenters. The molecule has 388 valence electrons. The Morgan fingerprint density at radius 1 is 0.448 bits per heavy atom. The lowest BCUT2D eigenvalue weighted by atomic mass is 9.91. The summed E-state index contributed by atoms with van der Waals surface area (Å²) in [4.78, 5) is 105. The van der Waals surface area contributed by atoms with Crippen LogP contribution >= 0.6 is 0 Å². The highest BCUT2D eigenvalue weighted by Crippen LogP contribution is 2.21. The molecule has 0 heterocycles. The van der Waals surface area contributed by atoms with Crippen molar-refractivity contribution in [2.45, 2.75) is 159 Å². The highest BCUT2D eigenvalue weighted by Gasteiger charge is 2.31. The fourth-order valence-corrected chi connectivity index (χ4v) is 7.41. The van der Waals surface area contributed by atoms with E-state index < -0.39 is 71.4 Å². The van der Waals surface area contributed by atoms with Crippen LogP contribution in [0.5, 0.6) is 0 Å². The second-order valence-corrected chi connectivity index (χ2v) is 17.1. The number of nitrogens with two attached hydrogens (primary N) is 7. The maximum atomic E-state index is 13.8. The Morgan fingerprint density at radius 3 is 1.25 bits per heavy atom. The van der Waals surface area contributed by atoms with Crippen molar-refractivity contribution < 1.29 is 52.6 Å². The van der Waals surface area contributed by atoms with E-state index in [1.807, 2.05) is 0 Å². The summed E-state index contributed by atoms with van der Waals surface area (Å²) >= 11 is 0. The number of esters is 3. The van der Waals surface area contributed by atoms with Crippen molar-refractivity contribution in [2.24, 2.45) is 57.9 Å². The molecule has 2 amide bonds. The summed E-state index contributed by atoms with van der Waals surface area (Å²) in [5.41, 5.74) is 39.9. The molecule has 0 aliphatic rings. The molecule has 67 heavy (non-hydrogen) atoms. The molecule has 17 N–H and O–H groups in total. The van der Waals surface area contributed by atoms with E-state index in [1.165, 1.54) is 7.11 Å². The number of ether oxygens (including phenoxy) is 3. The molecule has 0 aromatic rings. The molecule has 0 bridgehead atoms. The van der Waals surface area contributed by atoms with Gasteiger partial charge in [0.2, 0.25) is 11.8 Å². The topological polar surface area (TPSA) is 382 Å². The van der Waals surface area contributed by atoms with E-state index in [1.54, 1.807) is 0 Å². The zero-order valence-electron chi connectivity index (χ0n) is 40.4. The van der Waals surface area contributed by atoms with Crippen LogP contribution in [-0.4, -0.2) is 131 Å². The van der Waals surface area contributed by atoms with Gasteiger partial charge in [-0.2, -0.15) is 0 Å². The van der Waals surface area contributed by atoms with Crippen molar-refractivity contribution in [3.8, 4) is 0 Å². The Labute approximate surface area is 398 Å². The molecule has 0 spiro atoms. The van der Waals surface area contributed by atoms with E-state index in [2.05, 4.69) is 16.0 Å². The van der Waals surface area contributed by atoms with Gasteiger partial charge in [-0.3, -0.25) is 43.7 Å². The molecular formula is C46H88N10O11. The number of amides is 2. The number of unbranched alkanes of at least 4 members (excludes halogenated alkanes) is 6. The SMILES string of the molecule is COC(=O)C(CCCCN)CC(=O)C(CCCCN)NC(=O)CNCOC(=O)C(CCCCN)CC(=O)C(CCCCN)NC(=O)CCOC(=O)C(CCCCN)CC(=O)C(N)CCCCN. The molecule has 0 saturated heterocycles. The first kappa shape index (κ1) is 63.0. The maximum Gasteiger partial charge on any atom is 0.310 e. The van der Waals surface area contributed by atoms with E-state index in [0.717, 1.165) is 6.42 Å². The number of rotatable bonds is 45. The van der Waals surface area contributed by atoms with Gasteiger partial charge in [0.15, 0.2) is 11.6 Å². The summed E-state index contributed by atoms with van der Waals surface area (Å²) in [5, 5.41) is 8.21. The number of ketones is 3. The van der Waals surface area contributed by atoms with E-state index in [9.17, 15) is 38.4 Å². The maximum absolute atomic E-state index is 13.8. The van der Waals surface area contributed by atoms with Crippen molar-refractivity contribution in [1.82, 2.24) is 16.0 Å². The molecule has 21 nitrogen and oxygen atoms in total. The van der Waals surface area contributed by atoms with E-state index >= 15 is 0 Å². The second-order valence-electron chi connectivity index (χ2n) is 17.1. The van der Waals surface area contributed by atoms with Crippen molar-refractivity contribution in [3.63, 3.8) is 0 Å². The predicted molar refractivity (Wildman–Crippen MR) is 255 cm³/mol. The molecule has 0 rings (SSSR count). The lowest BCUT2D eigenvalue weighted by molar-refractivity contribution is -0.151. The van der Waals surface area contributed by atoms with Gasteiger partial charge in [0.25, 0.3) is 0 Å². The number of hydrogen-bond acceptors (Lipinski definition) is 19. The molecule has 0 saturated carbocycles. The van der Waals surface area contributed by atoms with Crippen molar-refractivity contribution in [3.05, 3.63) is 0 Å². The van der Waals surface area contributed by atoms with Crippen molar-refractivity contribution in [1.29, 1.82) is 0 Å². The zero-order chi connectivity index (χ0) is 50.2. The smallest absolute Gasteiger partial charge is 0.310 e. The second kappa shape index (κ2) is 41.1. The fourth-order valence-electron chi connectivity index (χ4n) is 7.41. The van der Waals surface area contributed by atoms with Gasteiger partial charge in [-0.25, -0.2) is 0 Å². The van der Waals surface area contributed by atoms with Gasteiger partial charge in [0, 0.05) is 19.3 Å². The number of methoxy groups -OCH3 is 1. The van der Waals surface area contributed by atoms with Crippen LogP contribution in [0.4, 0.5) is 0 Å². The van der Waals surface area contributed by atoms with Crippen LogP contribution in [-0.2, 0) is 52.6 Å². The van der Waals surface area contributed by atoms with Gasteiger partial charge in [0.05, 0.1) is 56.0 Å². The average molecular weight is 957 g/mol. The third-order valence-corrected chi connectivity index (χ3v) is 11.5. The Hall–Kier alpha value is -3.96. The largest absolute Gasteiger partial charge is 0.469 e. The van der Waals surface area contributed by atoms with Gasteiger partial charge in [-0.05, 0) is 129 Å². The summed E-state index contributed by atoms with van der Waals surface area (Å²) < 4.78 is 15.8. The van der Waals surface area contributed by atoms with Gasteiger partial charge >= 0.3 is 17.9 Å². The molecule has 0 radical (unpaired) electrons. The number of nitrogens with one attached hydrogen (secondary N) is 3. The minimum atomic E-state index is -0.960. The summed E-state index contributed by atoms with van der Waals surface area (Å²) in [6, 6.07) is -2.55. The standard InChI is InChI=1S/C46H88N10O11/c1-65-44(62)33(14-2-8-21-47)29-40(58)38(19-7-13-26-52)56-43(61)31-54-32-67-46(64)35(16-4-10-23-49)30-41(59)37(18-6-12-25-51)55-42(60)20-27-66-45(63)34(15-3-9-22-48)28-39(57)36(53)17-5-11-24-50/h33-38,54H,2-32,47-53H2,1H3,(H,55,60)(H,56,61). The van der Waals surface area contributed by atoms with E-state index in [0.29, 0.717) is 136 Å². The third-order valence-electron chi connectivity index (χ3n) is 11.5. The minimum Gasteiger partial charge on any atom is -0.469 e. The lowest BCUT2D eigenvalue weighted by Crippen LogP contribution is -2.46. The van der Waals surface area contributed by atoms with Crippen LogP contribution in [0.25, 0.3) is 0 Å². The van der Waals surface area contributed by atoms with Crippen LogP contribution in [0.1, 0.15) is 141 Å². The van der Waals surface area contributed by atoms with Gasteiger partial charge in [-0.15, -0.1) is 0 Å². The van der Waals surface area contributed by atoms with Gasteiger partial charge < -0.3 is 65.0 Å². The number of carbonyl (C=O) groups is 8. The number of carbonyl (C=O) groups excluding carboxylic acids is 8. The fraction of sp³-hybridized carbons (Fsp3) is 0.826. The molecular weight excluding hydrogens is 869 g/mol. The van der Waals surface area contributed by atoms with Crippen LogP contribution < -0.4 is 56.1 Å². The summed E-state index contributed by atoms with van der Waals surface area (Å²) in [6.45, 7) is 1.56. The normalized spacial score (nSPS) is 13.9. The Bertz CT molecular complexity index is 1430. The molecule has 0 aliphatic heterocycles. The minimum absolute atomic E-state index is 0.0894. The van der Waals surface area contributed by atoms with E-state index in [-0.39, 0.29) is 70.0 Å². The highest BCUT2D eigenvalue weighted by atomic mass is 16.5. The highest BCUT2D eigenvalue weighted by molar-refractivity contribution is 5.93. The third kappa shape index (κ3) is 30.9. The van der Waals surface area contributed by atoms with Crippen LogP contribution in [0.3, 0.4) is 0 Å². The van der Waals surface area contributed by atoms with Crippen LogP contribution in [0.15, 0.2) is 0 Å². The first-order chi connectivity index (χ1) is 32.2. The quantitative estimate of drug-likeness (QED) is 0.0166. The van der Waals surface area contributed by atoms with Gasteiger partial charge in [-0.1, -0.05) is 25.7 Å². The van der Waals surface area contributed by atoms with Crippen molar-refractivity contribution in [2.75, 3.05) is 66.3 Å². The molecule has 0 aromatic heterocycles. The summed E-state index contributed by atoms with van der Waals surface area (Å²) in [5.74, 6) is -6.15. The van der Waals surface area contributed by atoms with E-state index in [4.69, 9.17) is 54.3 Å². The zero-order valence-corrected chi connectivity index (χ0v) is 40.4.